The summed E-state index contributed by atoms with van der Waals surface area (Å²) in [5.41, 5.74) is 1.80. The summed E-state index contributed by atoms with van der Waals surface area (Å²) in [5, 5.41) is 0. The van der Waals surface area contributed by atoms with E-state index in [1.165, 1.54) is 19.1 Å². The van der Waals surface area contributed by atoms with E-state index >= 15 is 0 Å². The third kappa shape index (κ3) is 3.08. The number of hydrogen-bond donors (Lipinski definition) is 0. The van der Waals surface area contributed by atoms with Gasteiger partial charge in [-0.25, -0.2) is 4.39 Å². The lowest BCUT2D eigenvalue weighted by molar-refractivity contribution is 0.0733. The van der Waals surface area contributed by atoms with Gasteiger partial charge in [0, 0.05) is 25.9 Å². The van der Waals surface area contributed by atoms with Gasteiger partial charge in [-0.15, -0.1) is 0 Å². The van der Waals surface area contributed by atoms with Gasteiger partial charge in [0.15, 0.2) is 5.78 Å². The topological polar surface area (TPSA) is 42.3 Å². The van der Waals surface area contributed by atoms with Crippen molar-refractivity contribution < 1.29 is 14.0 Å². The van der Waals surface area contributed by atoms with Crippen LogP contribution in [0.4, 0.5) is 4.39 Å². The molecule has 2 aromatic rings. The molecule has 0 radical (unpaired) electrons. The van der Waals surface area contributed by atoms with Crippen LogP contribution in [0.25, 0.3) is 0 Å². The molecule has 116 valence electrons. The van der Waals surface area contributed by atoms with Gasteiger partial charge >= 0.3 is 0 Å². The summed E-state index contributed by atoms with van der Waals surface area (Å²) in [6, 6.07) is 7.47. The Balaban J connectivity index is 2.24. The van der Waals surface area contributed by atoms with E-state index in [2.05, 4.69) is 0 Å². The fourth-order valence-corrected chi connectivity index (χ4v) is 2.29. The summed E-state index contributed by atoms with van der Waals surface area (Å²) >= 11 is 0. The zero-order chi connectivity index (χ0) is 16.4. The number of benzene rings is 1. The van der Waals surface area contributed by atoms with Crippen LogP contribution in [-0.2, 0) is 7.05 Å². The highest BCUT2D eigenvalue weighted by Gasteiger charge is 2.22. The highest BCUT2D eigenvalue weighted by Crippen LogP contribution is 2.21. The molecule has 0 fully saturated rings. The second-order valence-electron chi connectivity index (χ2n) is 5.42. The van der Waals surface area contributed by atoms with Crippen molar-refractivity contribution in [2.24, 2.45) is 7.05 Å². The number of nitrogens with zero attached hydrogens (tertiary/aromatic N) is 2. The Labute approximate surface area is 129 Å². The Kier molecular flexibility index (Phi) is 4.45. The normalized spacial score (nSPS) is 12.0. The molecule has 0 aliphatic heterocycles. The molecule has 1 aromatic carbocycles. The van der Waals surface area contributed by atoms with Gasteiger partial charge in [-0.1, -0.05) is 12.1 Å². The number of rotatable bonds is 4. The van der Waals surface area contributed by atoms with Gasteiger partial charge in [-0.05, 0) is 37.6 Å². The highest BCUT2D eigenvalue weighted by atomic mass is 19.1. The van der Waals surface area contributed by atoms with Crippen molar-refractivity contribution in [1.29, 1.82) is 0 Å². The minimum absolute atomic E-state index is 0.0797. The van der Waals surface area contributed by atoms with Crippen molar-refractivity contribution >= 4 is 11.7 Å². The number of aromatic nitrogens is 1. The lowest BCUT2D eigenvalue weighted by Gasteiger charge is -2.25. The molecule has 5 heteroatoms. The van der Waals surface area contributed by atoms with E-state index in [0.29, 0.717) is 11.3 Å². The summed E-state index contributed by atoms with van der Waals surface area (Å²) < 4.78 is 14.6. The summed E-state index contributed by atoms with van der Waals surface area (Å²) in [7, 11) is 3.42. The molecular formula is C17H19FN2O2. The molecule has 1 amide bonds. The van der Waals surface area contributed by atoms with E-state index in [-0.39, 0.29) is 23.5 Å². The number of hydrogen-bond acceptors (Lipinski definition) is 2. The first-order valence-corrected chi connectivity index (χ1v) is 7.01. The minimum Gasteiger partial charge on any atom is -0.346 e. The highest BCUT2D eigenvalue weighted by molar-refractivity contribution is 5.99. The first-order valence-electron chi connectivity index (χ1n) is 7.01. The van der Waals surface area contributed by atoms with Crippen LogP contribution >= 0.6 is 0 Å². The van der Waals surface area contributed by atoms with E-state index < -0.39 is 0 Å². The van der Waals surface area contributed by atoms with Crippen LogP contribution in [0.1, 0.15) is 46.3 Å². The van der Waals surface area contributed by atoms with Crippen molar-refractivity contribution in [3.63, 3.8) is 0 Å². The van der Waals surface area contributed by atoms with Gasteiger partial charge in [0.05, 0.1) is 6.04 Å². The molecule has 22 heavy (non-hydrogen) atoms. The van der Waals surface area contributed by atoms with E-state index in [1.54, 1.807) is 48.0 Å². The molecular weight excluding hydrogens is 283 g/mol. The van der Waals surface area contributed by atoms with Gasteiger partial charge in [-0.2, -0.15) is 0 Å². The number of Topliss-reactive ketones (excluding diaryl/α,β-unsaturated/α-hetero) is 1. The molecule has 0 saturated carbocycles. The van der Waals surface area contributed by atoms with Gasteiger partial charge < -0.3 is 9.47 Å². The zero-order valence-electron chi connectivity index (χ0n) is 13.1. The molecule has 0 aliphatic carbocycles. The molecule has 0 unspecified atom stereocenters. The number of carbonyl (C=O) groups is 2. The average Bonchev–Trinajstić information content (AvgIpc) is 2.88. The number of halogens is 1. The summed E-state index contributed by atoms with van der Waals surface area (Å²) in [5.74, 6) is -0.575. The standard InChI is InChI=1S/C17H19FN2O2/c1-11(13-5-7-15(18)8-6-13)20(4)17(22)16-9-14(12(2)21)10-19(16)3/h5-11H,1-4H3/t11-/m0/s1. The Bertz CT molecular complexity index is 704. The van der Waals surface area contributed by atoms with E-state index in [1.807, 2.05) is 6.92 Å². The van der Waals surface area contributed by atoms with E-state index in [0.717, 1.165) is 5.56 Å². The van der Waals surface area contributed by atoms with Crippen molar-refractivity contribution in [2.75, 3.05) is 7.05 Å². The maximum absolute atomic E-state index is 13.0. The second kappa shape index (κ2) is 6.13. The zero-order valence-corrected chi connectivity index (χ0v) is 13.1. The Morgan fingerprint density at radius 2 is 1.82 bits per heavy atom. The average molecular weight is 302 g/mol. The molecule has 0 aliphatic rings. The van der Waals surface area contributed by atoms with Crippen molar-refractivity contribution in [3.05, 3.63) is 59.2 Å². The molecule has 0 bridgehead atoms. The van der Waals surface area contributed by atoms with E-state index in [4.69, 9.17) is 0 Å². The van der Waals surface area contributed by atoms with Crippen molar-refractivity contribution in [3.8, 4) is 0 Å². The maximum Gasteiger partial charge on any atom is 0.270 e. The van der Waals surface area contributed by atoms with Gasteiger partial charge in [0.25, 0.3) is 5.91 Å². The first kappa shape index (κ1) is 15.9. The molecule has 1 atom stereocenters. The maximum atomic E-state index is 13.0. The van der Waals surface area contributed by atoms with Crippen LogP contribution in [0, 0.1) is 5.82 Å². The van der Waals surface area contributed by atoms with Gasteiger partial charge in [0.1, 0.15) is 11.5 Å². The minimum atomic E-state index is -0.307. The Morgan fingerprint density at radius 1 is 1.23 bits per heavy atom. The largest absolute Gasteiger partial charge is 0.346 e. The number of amides is 1. The molecule has 1 heterocycles. The monoisotopic (exact) mass is 302 g/mol. The first-order chi connectivity index (χ1) is 10.3. The quantitative estimate of drug-likeness (QED) is 0.814. The molecule has 0 N–H and O–H groups in total. The van der Waals surface area contributed by atoms with Crippen LogP contribution in [-0.4, -0.2) is 28.2 Å². The fraction of sp³-hybridized carbons (Fsp3) is 0.294. The van der Waals surface area contributed by atoms with Crippen molar-refractivity contribution in [1.82, 2.24) is 9.47 Å². The van der Waals surface area contributed by atoms with Crippen LogP contribution in [0.3, 0.4) is 0 Å². The third-order valence-electron chi connectivity index (χ3n) is 3.88. The molecule has 0 saturated heterocycles. The molecule has 2 rings (SSSR count). The van der Waals surface area contributed by atoms with Crippen LogP contribution in [0.5, 0.6) is 0 Å². The number of carbonyl (C=O) groups excluding carboxylic acids is 2. The summed E-state index contributed by atoms with van der Waals surface area (Å²) in [6.07, 6.45) is 1.64. The van der Waals surface area contributed by atoms with Crippen LogP contribution in [0.15, 0.2) is 36.5 Å². The Morgan fingerprint density at radius 3 is 2.32 bits per heavy atom. The predicted molar refractivity (Wildman–Crippen MR) is 82.3 cm³/mol. The lowest BCUT2D eigenvalue weighted by Crippen LogP contribution is -2.30. The Hall–Kier alpha value is -2.43. The lowest BCUT2D eigenvalue weighted by atomic mass is 10.1. The SMILES string of the molecule is CC(=O)c1cc(C(=O)N(C)[C@@H](C)c2ccc(F)cc2)n(C)c1. The number of ketones is 1. The summed E-state index contributed by atoms with van der Waals surface area (Å²) in [4.78, 5) is 25.6. The smallest absolute Gasteiger partial charge is 0.270 e. The molecule has 1 aromatic heterocycles. The molecule has 0 spiro atoms. The van der Waals surface area contributed by atoms with Gasteiger partial charge in [0.2, 0.25) is 0 Å². The third-order valence-corrected chi connectivity index (χ3v) is 3.88. The fourth-order valence-electron chi connectivity index (χ4n) is 2.29. The number of aryl methyl sites for hydroxylation is 1. The van der Waals surface area contributed by atoms with Crippen LogP contribution < -0.4 is 0 Å². The second-order valence-corrected chi connectivity index (χ2v) is 5.42. The van der Waals surface area contributed by atoms with Crippen LogP contribution in [0.2, 0.25) is 0 Å². The predicted octanol–water partition coefficient (Wildman–Crippen LogP) is 3.20. The van der Waals surface area contributed by atoms with E-state index in [9.17, 15) is 14.0 Å². The van der Waals surface area contributed by atoms with Crippen molar-refractivity contribution in [2.45, 2.75) is 19.9 Å². The summed E-state index contributed by atoms with van der Waals surface area (Å²) in [6.45, 7) is 3.34. The molecule has 4 nitrogen and oxygen atoms in total. The van der Waals surface area contributed by atoms with Gasteiger partial charge in [-0.3, -0.25) is 9.59 Å².